The van der Waals surface area contributed by atoms with Crippen LogP contribution in [0.25, 0.3) is 5.65 Å². The average molecular weight is 606 g/mol. The Kier molecular flexibility index (Phi) is 8.61. The van der Waals surface area contributed by atoms with Crippen molar-refractivity contribution in [2.75, 3.05) is 57.5 Å². The number of Topliss-reactive ketones (excluding diaryl/α,β-unsaturated/α-hetero) is 1. The molecule has 1 saturated heterocycles. The number of benzene rings is 1. The first-order valence-electron chi connectivity index (χ1n) is 13.7. The summed E-state index contributed by atoms with van der Waals surface area (Å²) in [6.45, 7) is 4.46. The van der Waals surface area contributed by atoms with Crippen LogP contribution in [-0.2, 0) is 12.7 Å². The Hall–Kier alpha value is -4.87. The van der Waals surface area contributed by atoms with Gasteiger partial charge in [0.05, 0.1) is 17.4 Å². The number of hydrogen-bond acceptors (Lipinski definition) is 9. The molecule has 1 fully saturated rings. The fraction of sp³-hybridized carbons (Fsp3) is 0.333. The van der Waals surface area contributed by atoms with Crippen molar-refractivity contribution in [2.45, 2.75) is 19.6 Å². The average Bonchev–Trinajstić information content (AvgIpc) is 3.39. The van der Waals surface area contributed by atoms with Crippen LogP contribution in [-0.4, -0.2) is 93.4 Å². The molecule has 1 aromatic carbocycles. The molecule has 1 amide bonds. The predicted octanol–water partition coefficient (Wildman–Crippen LogP) is 3.21. The highest BCUT2D eigenvalue weighted by Crippen LogP contribution is 2.33. The van der Waals surface area contributed by atoms with Gasteiger partial charge in [-0.3, -0.25) is 24.2 Å². The summed E-state index contributed by atoms with van der Waals surface area (Å²) in [5.41, 5.74) is 0.799. The number of nitrogens with zero attached hydrogens (tertiary/aromatic N) is 8. The van der Waals surface area contributed by atoms with E-state index in [1.165, 1.54) is 25.3 Å². The van der Waals surface area contributed by atoms with Crippen molar-refractivity contribution in [3.05, 3.63) is 76.5 Å². The number of ketones is 1. The van der Waals surface area contributed by atoms with Gasteiger partial charge in [-0.05, 0) is 55.6 Å². The molecule has 44 heavy (non-hydrogen) atoms. The highest BCUT2D eigenvalue weighted by atomic mass is 19.4. The van der Waals surface area contributed by atoms with Gasteiger partial charge in [0, 0.05) is 64.1 Å². The number of pyridine rings is 1. The Morgan fingerprint density at radius 3 is 2.43 bits per heavy atom. The molecule has 4 heterocycles. The van der Waals surface area contributed by atoms with Crippen molar-refractivity contribution in [1.82, 2.24) is 34.4 Å². The molecule has 0 spiro atoms. The van der Waals surface area contributed by atoms with Crippen molar-refractivity contribution in [3.8, 4) is 11.8 Å². The van der Waals surface area contributed by atoms with Gasteiger partial charge in [0.1, 0.15) is 5.69 Å². The number of aromatic nitrogens is 5. The maximum absolute atomic E-state index is 14.0. The van der Waals surface area contributed by atoms with Crippen LogP contribution in [0.4, 0.5) is 24.8 Å². The molecule has 3 aromatic heterocycles. The van der Waals surface area contributed by atoms with E-state index in [2.05, 4.69) is 42.2 Å². The zero-order valence-corrected chi connectivity index (χ0v) is 24.6. The van der Waals surface area contributed by atoms with Crippen LogP contribution in [0.15, 0.2) is 42.7 Å². The molecule has 0 unspecified atom stereocenters. The Morgan fingerprint density at radius 2 is 1.75 bits per heavy atom. The number of carbonyl (C=O) groups excluding carboxylic acids is 2. The number of likely N-dealkylation sites (N-methyl/N-ethyl adjacent to an activating group) is 1. The molecule has 0 saturated carbocycles. The number of rotatable bonds is 6. The number of alkyl halides is 3. The number of nitrogens with one attached hydrogen (secondary N) is 1. The van der Waals surface area contributed by atoms with E-state index in [1.54, 1.807) is 41.7 Å². The highest BCUT2D eigenvalue weighted by Gasteiger charge is 2.34. The van der Waals surface area contributed by atoms with Crippen LogP contribution < -0.4 is 10.2 Å². The largest absolute Gasteiger partial charge is 0.416 e. The molecule has 0 bridgehead atoms. The molecule has 11 nitrogen and oxygen atoms in total. The minimum absolute atomic E-state index is 0.110. The van der Waals surface area contributed by atoms with Crippen molar-refractivity contribution in [2.24, 2.45) is 0 Å². The highest BCUT2D eigenvalue weighted by molar-refractivity contribution is 6.03. The van der Waals surface area contributed by atoms with Crippen molar-refractivity contribution in [1.29, 1.82) is 0 Å². The Bertz CT molecular complexity index is 1780. The van der Waals surface area contributed by atoms with Crippen LogP contribution in [0.3, 0.4) is 0 Å². The second-order valence-electron chi connectivity index (χ2n) is 10.7. The van der Waals surface area contributed by atoms with E-state index < -0.39 is 17.6 Å². The van der Waals surface area contributed by atoms with Gasteiger partial charge in [0.25, 0.3) is 5.91 Å². The monoisotopic (exact) mass is 605 g/mol. The van der Waals surface area contributed by atoms with E-state index in [1.807, 2.05) is 11.9 Å². The van der Waals surface area contributed by atoms with E-state index in [0.717, 1.165) is 19.2 Å². The molecule has 228 valence electrons. The zero-order chi connectivity index (χ0) is 31.6. The number of amides is 1. The maximum Gasteiger partial charge on any atom is 0.416 e. The van der Waals surface area contributed by atoms with Crippen molar-refractivity contribution in [3.63, 3.8) is 0 Å². The third-order valence-corrected chi connectivity index (χ3v) is 7.25. The van der Waals surface area contributed by atoms with E-state index in [9.17, 15) is 22.8 Å². The van der Waals surface area contributed by atoms with E-state index in [-0.39, 0.29) is 40.9 Å². The number of anilines is 2. The molecule has 0 aliphatic carbocycles. The molecular formula is C30H30F3N9O2. The fourth-order valence-corrected chi connectivity index (χ4v) is 4.69. The second kappa shape index (κ2) is 12.4. The maximum atomic E-state index is 14.0. The van der Waals surface area contributed by atoms with E-state index >= 15 is 0 Å². The Balaban J connectivity index is 1.40. The number of piperazine rings is 1. The fourth-order valence-electron chi connectivity index (χ4n) is 4.69. The first kappa shape index (κ1) is 30.6. The quantitative estimate of drug-likeness (QED) is 0.262. The molecule has 5 rings (SSSR count). The van der Waals surface area contributed by atoms with Gasteiger partial charge in [-0.2, -0.15) is 13.2 Å². The summed E-state index contributed by atoms with van der Waals surface area (Å²) >= 11 is 0. The van der Waals surface area contributed by atoms with Gasteiger partial charge >= 0.3 is 6.18 Å². The van der Waals surface area contributed by atoms with Gasteiger partial charge in [-0.15, -0.1) is 10.2 Å². The van der Waals surface area contributed by atoms with E-state index in [4.69, 9.17) is 0 Å². The minimum Gasteiger partial charge on any atom is -0.374 e. The first-order valence-corrected chi connectivity index (χ1v) is 13.7. The smallest absolute Gasteiger partial charge is 0.374 e. The van der Waals surface area contributed by atoms with Crippen LogP contribution >= 0.6 is 0 Å². The summed E-state index contributed by atoms with van der Waals surface area (Å²) in [5.74, 6) is 5.00. The molecule has 4 aromatic rings. The van der Waals surface area contributed by atoms with Gasteiger partial charge in [-0.1, -0.05) is 6.07 Å². The molecule has 0 atom stereocenters. The Labute approximate surface area is 251 Å². The second-order valence-corrected chi connectivity index (χ2v) is 10.7. The molecule has 1 aliphatic rings. The number of carbonyl (C=O) groups is 2. The number of halogens is 3. The number of fused-ring (bicyclic) bond motifs is 1. The van der Waals surface area contributed by atoms with Gasteiger partial charge in [0.2, 0.25) is 11.8 Å². The van der Waals surface area contributed by atoms with E-state index in [0.29, 0.717) is 30.0 Å². The lowest BCUT2D eigenvalue weighted by molar-refractivity contribution is -0.138. The molecule has 1 aliphatic heterocycles. The number of hydrogen-bond donors (Lipinski definition) is 1. The van der Waals surface area contributed by atoms with Gasteiger partial charge in [0.15, 0.2) is 11.4 Å². The summed E-state index contributed by atoms with van der Waals surface area (Å²) in [6.07, 6.45) is -1.60. The summed E-state index contributed by atoms with van der Waals surface area (Å²) in [7, 11) is 5.50. The third kappa shape index (κ3) is 6.85. The lowest BCUT2D eigenvalue weighted by atomic mass is 10.0. The van der Waals surface area contributed by atoms with Crippen LogP contribution in [0, 0.1) is 11.8 Å². The molecular weight excluding hydrogens is 575 g/mol. The summed E-state index contributed by atoms with van der Waals surface area (Å²) in [4.78, 5) is 39.2. The third-order valence-electron chi connectivity index (χ3n) is 7.25. The van der Waals surface area contributed by atoms with Crippen LogP contribution in [0.5, 0.6) is 0 Å². The topological polar surface area (TPSA) is 112 Å². The van der Waals surface area contributed by atoms with Gasteiger partial charge < -0.3 is 9.80 Å². The van der Waals surface area contributed by atoms with Gasteiger partial charge in [-0.25, -0.2) is 9.97 Å². The van der Waals surface area contributed by atoms with Crippen molar-refractivity contribution >= 4 is 29.0 Å². The Morgan fingerprint density at radius 1 is 1.02 bits per heavy atom. The summed E-state index contributed by atoms with van der Waals surface area (Å²) in [5, 5.41) is 10.6. The summed E-state index contributed by atoms with van der Waals surface area (Å²) < 4.78 is 43.7. The zero-order valence-electron chi connectivity index (χ0n) is 24.6. The minimum atomic E-state index is -4.64. The first-order chi connectivity index (χ1) is 20.9. The lowest BCUT2D eigenvalue weighted by Crippen LogP contribution is -2.44. The molecule has 1 N–H and O–H groups in total. The predicted molar refractivity (Wildman–Crippen MR) is 158 cm³/mol. The SMILES string of the molecule is CC(=O)c1ccc2nnc(C#Cc3nc(NC(=O)c4ccc(CN5CCN(C)CC5)c(C(F)(F)F)c4)ncc3N(C)C)n2c1. The normalized spacial score (nSPS) is 14.2. The van der Waals surface area contributed by atoms with Crippen LogP contribution in [0.1, 0.15) is 50.3 Å². The standard InChI is InChI=1S/C30H30F3N9O2/c1-19(43)21-7-9-26-37-38-27(42(26)18-21)10-8-24-25(39(2)3)16-34-29(35-24)36-28(44)20-5-6-22(23(15-20)30(31,32)33)17-41-13-11-40(4)12-14-41/h5-7,9,15-16,18H,11-14,17H2,1-4H3,(H,34,35,36,44). The molecule has 14 heteroatoms. The van der Waals surface area contributed by atoms with Crippen LogP contribution in [0.2, 0.25) is 0 Å². The van der Waals surface area contributed by atoms with Crippen molar-refractivity contribution < 1.29 is 22.8 Å². The summed E-state index contributed by atoms with van der Waals surface area (Å²) in [6, 6.07) is 6.88. The lowest BCUT2D eigenvalue weighted by Gasteiger charge is -2.33. The molecule has 0 radical (unpaired) electrons.